The number of nitrogens with one attached hydrogen (secondary N) is 1. The molecule has 1 heterocycles. The molecule has 0 saturated heterocycles. The van der Waals surface area contributed by atoms with Gasteiger partial charge in [0.2, 0.25) is 5.91 Å². The molecule has 0 spiro atoms. The Kier molecular flexibility index (Phi) is 8.01. The first-order chi connectivity index (χ1) is 18.7. The normalized spacial score (nSPS) is 11.2. The number of amides is 1. The van der Waals surface area contributed by atoms with Gasteiger partial charge in [-0.3, -0.25) is 14.3 Å². The maximum Gasteiger partial charge on any atom is 0.340 e. The van der Waals surface area contributed by atoms with Gasteiger partial charge < -0.3 is 10.1 Å². The zero-order valence-electron chi connectivity index (χ0n) is 21.7. The monoisotopic (exact) mass is 548 g/mol. The summed E-state index contributed by atoms with van der Waals surface area (Å²) in [5.74, 6) is -1.38. The zero-order valence-corrected chi connectivity index (χ0v) is 22.5. The van der Waals surface area contributed by atoms with Crippen LogP contribution in [-0.2, 0) is 26.6 Å². The molecule has 0 aliphatic carbocycles. The Labute approximate surface area is 226 Å². The molecule has 39 heavy (non-hydrogen) atoms. The fourth-order valence-corrected chi connectivity index (χ4v) is 5.64. The minimum absolute atomic E-state index is 0.0846. The van der Waals surface area contributed by atoms with E-state index in [-0.39, 0.29) is 28.4 Å². The molecule has 4 aromatic rings. The van der Waals surface area contributed by atoms with Crippen LogP contribution in [0, 0.1) is 6.92 Å². The standard InChI is InChI=1S/C28H28N4O6S/c1-4-38-28(35)23-17-11-12-18-24(23)29-25(33)19-31(39(36,37)22-15-9-6-10-16-22)26-20(2)30(3)32(27(26)34)21-13-7-5-8-14-21/h5-18H,4,19H2,1-3H3,(H,29,33). The maximum atomic E-state index is 13.9. The van der Waals surface area contributed by atoms with E-state index >= 15 is 0 Å². The summed E-state index contributed by atoms with van der Waals surface area (Å²) >= 11 is 0. The van der Waals surface area contributed by atoms with Gasteiger partial charge in [-0.05, 0) is 50.2 Å². The van der Waals surface area contributed by atoms with Crippen molar-refractivity contribution >= 4 is 33.3 Å². The van der Waals surface area contributed by atoms with Crippen LogP contribution in [0.3, 0.4) is 0 Å². The molecule has 0 bridgehead atoms. The fraction of sp³-hybridized carbons (Fsp3) is 0.179. The molecule has 0 aliphatic heterocycles. The van der Waals surface area contributed by atoms with Gasteiger partial charge >= 0.3 is 5.97 Å². The maximum absolute atomic E-state index is 13.9. The van der Waals surface area contributed by atoms with E-state index in [2.05, 4.69) is 5.32 Å². The summed E-state index contributed by atoms with van der Waals surface area (Å²) in [6.45, 7) is 2.70. The van der Waals surface area contributed by atoms with Gasteiger partial charge in [0.15, 0.2) is 0 Å². The minimum atomic E-state index is -4.35. The molecule has 3 aromatic carbocycles. The van der Waals surface area contributed by atoms with Crippen LogP contribution >= 0.6 is 0 Å². The van der Waals surface area contributed by atoms with E-state index in [9.17, 15) is 22.8 Å². The molecule has 1 amide bonds. The highest BCUT2D eigenvalue weighted by atomic mass is 32.2. The first-order valence-electron chi connectivity index (χ1n) is 12.1. The van der Waals surface area contributed by atoms with Crippen LogP contribution in [-0.4, -0.2) is 42.8 Å². The summed E-state index contributed by atoms with van der Waals surface area (Å²) in [5, 5.41) is 2.60. The Balaban J connectivity index is 1.80. The van der Waals surface area contributed by atoms with Gasteiger partial charge in [-0.15, -0.1) is 0 Å². The number of para-hydroxylation sites is 2. The van der Waals surface area contributed by atoms with Crippen LogP contribution in [0.2, 0.25) is 0 Å². The van der Waals surface area contributed by atoms with E-state index in [0.717, 1.165) is 4.31 Å². The fourth-order valence-electron chi connectivity index (χ4n) is 4.14. The summed E-state index contributed by atoms with van der Waals surface area (Å²) in [4.78, 5) is 39.3. The van der Waals surface area contributed by atoms with E-state index in [0.29, 0.717) is 11.4 Å². The third-order valence-electron chi connectivity index (χ3n) is 6.09. The van der Waals surface area contributed by atoms with Gasteiger partial charge in [-0.2, -0.15) is 0 Å². The van der Waals surface area contributed by atoms with E-state index < -0.39 is 34.0 Å². The molecule has 0 saturated carbocycles. The molecular weight excluding hydrogens is 520 g/mol. The Morgan fingerprint density at radius 2 is 1.51 bits per heavy atom. The van der Waals surface area contributed by atoms with Crippen LogP contribution in [0.4, 0.5) is 11.4 Å². The lowest BCUT2D eigenvalue weighted by molar-refractivity contribution is -0.114. The Morgan fingerprint density at radius 1 is 0.923 bits per heavy atom. The second-order valence-electron chi connectivity index (χ2n) is 8.55. The molecule has 0 fully saturated rings. The molecule has 1 aromatic heterocycles. The van der Waals surface area contributed by atoms with E-state index in [1.165, 1.54) is 33.6 Å². The van der Waals surface area contributed by atoms with Gasteiger partial charge in [0, 0.05) is 7.05 Å². The van der Waals surface area contributed by atoms with Crippen LogP contribution in [0.15, 0.2) is 94.6 Å². The molecule has 0 unspecified atom stereocenters. The summed E-state index contributed by atoms with van der Waals surface area (Å²) in [6, 6.07) is 22.6. The van der Waals surface area contributed by atoms with Crippen LogP contribution in [0.1, 0.15) is 23.0 Å². The number of anilines is 2. The lowest BCUT2D eigenvalue weighted by Gasteiger charge is -2.23. The molecular formula is C28H28N4O6S. The largest absolute Gasteiger partial charge is 0.462 e. The molecule has 4 rings (SSSR count). The molecule has 0 radical (unpaired) electrons. The van der Waals surface area contributed by atoms with E-state index in [1.54, 1.807) is 81.6 Å². The number of sulfonamides is 1. The average molecular weight is 549 g/mol. The second-order valence-corrected chi connectivity index (χ2v) is 10.4. The number of carbonyl (C=O) groups is 2. The first-order valence-corrected chi connectivity index (χ1v) is 13.6. The van der Waals surface area contributed by atoms with Crippen LogP contribution < -0.4 is 15.2 Å². The van der Waals surface area contributed by atoms with Crippen molar-refractivity contribution in [2.45, 2.75) is 18.7 Å². The second kappa shape index (κ2) is 11.4. The average Bonchev–Trinajstić information content (AvgIpc) is 3.15. The van der Waals surface area contributed by atoms with Crippen LogP contribution in [0.5, 0.6) is 0 Å². The molecule has 0 atom stereocenters. The smallest absolute Gasteiger partial charge is 0.340 e. The van der Waals surface area contributed by atoms with Crippen molar-refractivity contribution in [1.82, 2.24) is 9.36 Å². The van der Waals surface area contributed by atoms with Gasteiger partial charge in [-0.25, -0.2) is 22.2 Å². The number of aromatic nitrogens is 2. The summed E-state index contributed by atoms with van der Waals surface area (Å²) < 4.78 is 36.5. The Hall–Kier alpha value is -4.64. The van der Waals surface area contributed by atoms with Gasteiger partial charge in [0.25, 0.3) is 15.6 Å². The topological polar surface area (TPSA) is 120 Å². The molecule has 10 nitrogen and oxygen atoms in total. The van der Waals surface area contributed by atoms with Crippen molar-refractivity contribution in [3.8, 4) is 5.69 Å². The number of carbonyl (C=O) groups excluding carboxylic acids is 2. The summed E-state index contributed by atoms with van der Waals surface area (Å²) in [7, 11) is -2.72. The van der Waals surface area contributed by atoms with Crippen molar-refractivity contribution in [3.63, 3.8) is 0 Å². The minimum Gasteiger partial charge on any atom is -0.462 e. The summed E-state index contributed by atoms with van der Waals surface area (Å²) in [6.07, 6.45) is 0. The van der Waals surface area contributed by atoms with Crippen molar-refractivity contribution in [1.29, 1.82) is 0 Å². The van der Waals surface area contributed by atoms with Gasteiger partial charge in [0.05, 0.1) is 34.1 Å². The number of nitrogens with zero attached hydrogens (tertiary/aromatic N) is 3. The number of hydrogen-bond acceptors (Lipinski definition) is 6. The predicted molar refractivity (Wildman–Crippen MR) is 148 cm³/mol. The van der Waals surface area contributed by atoms with Crippen LogP contribution in [0.25, 0.3) is 5.69 Å². The molecule has 202 valence electrons. The SMILES string of the molecule is CCOC(=O)c1ccccc1NC(=O)CN(c1c(C)n(C)n(-c2ccccc2)c1=O)S(=O)(=O)c1ccccc1. The number of benzene rings is 3. The molecule has 11 heteroatoms. The first kappa shape index (κ1) is 27.4. The zero-order chi connectivity index (χ0) is 28.2. The molecule has 1 N–H and O–H groups in total. The van der Waals surface area contributed by atoms with Crippen molar-refractivity contribution in [2.75, 3.05) is 22.8 Å². The third kappa shape index (κ3) is 5.48. The highest BCUT2D eigenvalue weighted by molar-refractivity contribution is 7.92. The van der Waals surface area contributed by atoms with Gasteiger partial charge in [-0.1, -0.05) is 48.5 Å². The highest BCUT2D eigenvalue weighted by Crippen LogP contribution is 2.26. The van der Waals surface area contributed by atoms with E-state index in [4.69, 9.17) is 4.74 Å². The van der Waals surface area contributed by atoms with Crippen molar-refractivity contribution in [3.05, 3.63) is 107 Å². The predicted octanol–water partition coefficient (Wildman–Crippen LogP) is 3.50. The molecule has 0 aliphatic rings. The number of ether oxygens (including phenoxy) is 1. The van der Waals surface area contributed by atoms with Crippen molar-refractivity contribution < 1.29 is 22.7 Å². The highest BCUT2D eigenvalue weighted by Gasteiger charge is 2.33. The Bertz CT molecular complexity index is 1660. The summed E-state index contributed by atoms with van der Waals surface area (Å²) in [5.41, 5.74) is 0.365. The Morgan fingerprint density at radius 3 is 2.15 bits per heavy atom. The lowest BCUT2D eigenvalue weighted by Crippen LogP contribution is -2.41. The van der Waals surface area contributed by atoms with Crippen molar-refractivity contribution in [2.24, 2.45) is 7.05 Å². The number of esters is 1. The third-order valence-corrected chi connectivity index (χ3v) is 7.85. The number of hydrogen-bond donors (Lipinski definition) is 1. The lowest BCUT2D eigenvalue weighted by atomic mass is 10.2. The van der Waals surface area contributed by atoms with E-state index in [1.807, 2.05) is 0 Å². The quantitative estimate of drug-likeness (QED) is 0.320. The van der Waals surface area contributed by atoms with Gasteiger partial charge in [0.1, 0.15) is 12.2 Å². The number of rotatable bonds is 9.